The summed E-state index contributed by atoms with van der Waals surface area (Å²) in [7, 11) is 0. The van der Waals surface area contributed by atoms with Crippen LogP contribution in [0.2, 0.25) is 10.0 Å². The Hall–Kier alpha value is -3.99. The normalized spacial score (nSPS) is 13.7. The molecule has 0 bridgehead atoms. The number of hydrogen-bond donors (Lipinski definition) is 2. The Kier molecular flexibility index (Phi) is 15.4. The second-order valence-electron chi connectivity index (χ2n) is 15.9. The lowest BCUT2D eigenvalue weighted by atomic mass is 9.91. The average Bonchev–Trinajstić information content (AvgIpc) is 3.02. The van der Waals surface area contributed by atoms with E-state index in [1.54, 1.807) is 12.4 Å². The molecule has 0 unspecified atom stereocenters. The number of hydrogen-bond acceptors (Lipinski definition) is 9. The zero-order valence-corrected chi connectivity index (χ0v) is 34.5. The number of aromatic nitrogens is 4. The van der Waals surface area contributed by atoms with Crippen molar-refractivity contribution < 1.29 is 19.0 Å². The molecule has 4 aromatic rings. The molecule has 0 aliphatic heterocycles. The first-order chi connectivity index (χ1) is 24.6. The Morgan fingerprint density at radius 3 is 1.58 bits per heavy atom. The van der Waals surface area contributed by atoms with Crippen LogP contribution in [-0.2, 0) is 4.74 Å². The van der Waals surface area contributed by atoms with Crippen molar-refractivity contribution in [1.82, 2.24) is 25.3 Å². The van der Waals surface area contributed by atoms with E-state index in [-0.39, 0.29) is 12.1 Å². The first kappa shape index (κ1) is 43.4. The van der Waals surface area contributed by atoms with Gasteiger partial charge in [0.1, 0.15) is 42.0 Å². The zero-order chi connectivity index (χ0) is 39.6. The number of amides is 1. The summed E-state index contributed by atoms with van der Waals surface area (Å²) in [6.45, 7) is 22.3. The maximum absolute atomic E-state index is 12.3. The van der Waals surface area contributed by atoms with Gasteiger partial charge in [0.25, 0.3) is 0 Å². The van der Waals surface area contributed by atoms with E-state index in [1.807, 2.05) is 97.0 Å². The fourth-order valence-corrected chi connectivity index (χ4v) is 6.33. The van der Waals surface area contributed by atoms with E-state index in [2.05, 4.69) is 52.9 Å². The number of nitrogens with one attached hydrogen (secondary N) is 1. The van der Waals surface area contributed by atoms with Crippen molar-refractivity contribution in [2.24, 2.45) is 17.6 Å². The molecule has 0 fully saturated rings. The summed E-state index contributed by atoms with van der Waals surface area (Å²) >= 11 is 12.8. The van der Waals surface area contributed by atoms with Crippen LogP contribution in [0.25, 0.3) is 22.5 Å². The molecule has 2 aromatic carbocycles. The van der Waals surface area contributed by atoms with E-state index < -0.39 is 17.2 Å². The summed E-state index contributed by atoms with van der Waals surface area (Å²) in [5, 5.41) is 4.00. The van der Waals surface area contributed by atoms with Gasteiger partial charge in [0.05, 0.1) is 27.0 Å². The zero-order valence-electron chi connectivity index (χ0n) is 33.0. The van der Waals surface area contributed by atoms with E-state index in [1.165, 1.54) is 0 Å². The Morgan fingerprint density at radius 2 is 1.19 bits per heavy atom. The third kappa shape index (κ3) is 15.1. The van der Waals surface area contributed by atoms with Gasteiger partial charge in [-0.3, -0.25) is 0 Å². The lowest BCUT2D eigenvalue weighted by Crippen LogP contribution is -2.52. The van der Waals surface area contributed by atoms with Crippen LogP contribution in [0.1, 0.15) is 86.8 Å². The topological polar surface area (TPSA) is 134 Å². The molecule has 0 aliphatic carbocycles. The van der Waals surface area contributed by atoms with Crippen molar-refractivity contribution in [3.8, 4) is 34.0 Å². The Labute approximate surface area is 325 Å². The number of halogens is 2. The summed E-state index contributed by atoms with van der Waals surface area (Å²) in [6.07, 6.45) is 4.61. The van der Waals surface area contributed by atoms with Gasteiger partial charge in [-0.05, 0) is 122 Å². The third-order valence-electron chi connectivity index (χ3n) is 7.65. The van der Waals surface area contributed by atoms with Gasteiger partial charge >= 0.3 is 6.09 Å². The minimum absolute atomic E-state index is 0.260. The summed E-state index contributed by atoms with van der Waals surface area (Å²) in [5.41, 5.74) is 8.18. The van der Waals surface area contributed by atoms with Crippen molar-refractivity contribution in [1.29, 1.82) is 0 Å². The first-order valence-corrected chi connectivity index (χ1v) is 18.6. The minimum Gasteiger partial charge on any atom is -0.490 e. The average molecular weight is 768 g/mol. The highest BCUT2D eigenvalue weighted by Gasteiger charge is 2.31. The van der Waals surface area contributed by atoms with E-state index >= 15 is 0 Å². The number of aryl methyl sites for hydroxylation is 2. The fourth-order valence-electron chi connectivity index (χ4n) is 5.86. The lowest BCUT2D eigenvalue weighted by molar-refractivity contribution is 0.0408. The van der Waals surface area contributed by atoms with Gasteiger partial charge in [0, 0.05) is 29.1 Å². The number of nitrogens with zero attached hydrogens (tertiary/aromatic N) is 4. The van der Waals surface area contributed by atoms with Gasteiger partial charge in [0.2, 0.25) is 0 Å². The van der Waals surface area contributed by atoms with Gasteiger partial charge < -0.3 is 25.3 Å². The number of carbonyl (C=O) groups is 1. The van der Waals surface area contributed by atoms with Crippen LogP contribution in [0, 0.1) is 25.7 Å². The minimum atomic E-state index is -0.609. The van der Waals surface area contributed by atoms with Gasteiger partial charge in [-0.2, -0.15) is 0 Å². The molecule has 1 amide bonds. The fraction of sp³-hybridized carbons (Fsp3) is 0.488. The molecule has 2 heterocycles. The molecular formula is C41H56Cl2N6O4. The predicted molar refractivity (Wildman–Crippen MR) is 215 cm³/mol. The summed E-state index contributed by atoms with van der Waals surface area (Å²) in [4.78, 5) is 29.4. The van der Waals surface area contributed by atoms with Crippen molar-refractivity contribution in [3.05, 3.63) is 82.6 Å². The van der Waals surface area contributed by atoms with Crippen molar-refractivity contribution >= 4 is 29.3 Å². The third-order valence-corrected chi connectivity index (χ3v) is 8.24. The Balaban J connectivity index is 0.000000295. The molecule has 4 rings (SSSR count). The van der Waals surface area contributed by atoms with Gasteiger partial charge in [-0.1, -0.05) is 50.9 Å². The SMILES string of the molecule is Cc1nccc(-c2ccc(OC[C@@](C)(N)CC(C)C)c(Cl)c2)n1.Cc1nccc(-c2ccc(OC[C@](C)(CC(C)C)NC(=O)OC(C)(C)C)c(Cl)c2)n1. The lowest BCUT2D eigenvalue weighted by Gasteiger charge is -2.33. The van der Waals surface area contributed by atoms with E-state index in [4.69, 9.17) is 43.1 Å². The number of benzene rings is 2. The summed E-state index contributed by atoms with van der Waals surface area (Å²) in [5.74, 6) is 3.49. The molecule has 0 radical (unpaired) electrons. The van der Waals surface area contributed by atoms with Gasteiger partial charge in [-0.25, -0.2) is 24.7 Å². The smallest absolute Gasteiger partial charge is 0.408 e. The second-order valence-corrected chi connectivity index (χ2v) is 16.7. The van der Waals surface area contributed by atoms with E-state index in [0.29, 0.717) is 45.8 Å². The monoisotopic (exact) mass is 766 g/mol. The van der Waals surface area contributed by atoms with Crippen LogP contribution in [0.4, 0.5) is 4.79 Å². The molecular weight excluding hydrogens is 711 g/mol. The quantitative estimate of drug-likeness (QED) is 0.136. The number of nitrogens with two attached hydrogens (primary N) is 1. The molecule has 288 valence electrons. The van der Waals surface area contributed by atoms with Crippen LogP contribution >= 0.6 is 23.2 Å². The largest absolute Gasteiger partial charge is 0.490 e. The molecule has 0 saturated heterocycles. The second kappa shape index (κ2) is 18.9. The van der Waals surface area contributed by atoms with Crippen molar-refractivity contribution in [2.75, 3.05) is 13.2 Å². The molecule has 0 spiro atoms. The molecule has 3 N–H and O–H groups in total. The molecule has 53 heavy (non-hydrogen) atoms. The Morgan fingerprint density at radius 1 is 0.736 bits per heavy atom. The maximum Gasteiger partial charge on any atom is 0.408 e. The van der Waals surface area contributed by atoms with Crippen LogP contribution in [0.5, 0.6) is 11.5 Å². The number of ether oxygens (including phenoxy) is 3. The summed E-state index contributed by atoms with van der Waals surface area (Å²) < 4.78 is 17.3. The van der Waals surface area contributed by atoms with Crippen LogP contribution < -0.4 is 20.5 Å². The van der Waals surface area contributed by atoms with Crippen LogP contribution in [-0.4, -0.2) is 55.9 Å². The van der Waals surface area contributed by atoms with E-state index in [9.17, 15) is 4.79 Å². The predicted octanol–water partition coefficient (Wildman–Crippen LogP) is 10.1. The van der Waals surface area contributed by atoms with Crippen molar-refractivity contribution in [3.63, 3.8) is 0 Å². The Bertz CT molecular complexity index is 1810. The van der Waals surface area contributed by atoms with Crippen LogP contribution in [0.15, 0.2) is 60.9 Å². The van der Waals surface area contributed by atoms with Crippen LogP contribution in [0.3, 0.4) is 0 Å². The first-order valence-electron chi connectivity index (χ1n) is 17.9. The molecule has 0 saturated carbocycles. The highest BCUT2D eigenvalue weighted by Crippen LogP contribution is 2.32. The highest BCUT2D eigenvalue weighted by atomic mass is 35.5. The highest BCUT2D eigenvalue weighted by molar-refractivity contribution is 6.32. The van der Waals surface area contributed by atoms with Gasteiger partial charge in [-0.15, -0.1) is 0 Å². The summed E-state index contributed by atoms with van der Waals surface area (Å²) in [6, 6.07) is 14.9. The molecule has 2 aromatic heterocycles. The molecule has 12 heteroatoms. The number of carbonyl (C=O) groups excluding carboxylic acids is 1. The van der Waals surface area contributed by atoms with Gasteiger partial charge in [0.15, 0.2) is 0 Å². The standard InChI is InChI=1S/C23H32ClN3O3.C18H24ClN3O/c1-15(2)13-23(7,27-21(28)30-22(4,5)6)14-29-20-9-8-17(12-18(20)24)19-10-11-25-16(3)26-19;1-12(2)10-18(4,20)11-23-17-6-5-14(9-15(17)19)16-7-8-21-13(3)22-16/h8-12,15H,13-14H2,1-7H3,(H,27,28);5-9,12H,10-11,20H2,1-4H3/t23-;18-/m00/s1. The van der Waals surface area contributed by atoms with E-state index in [0.717, 1.165) is 41.2 Å². The molecule has 2 atom stereocenters. The maximum atomic E-state index is 12.3. The van der Waals surface area contributed by atoms with Crippen molar-refractivity contribution in [2.45, 2.75) is 106 Å². The molecule has 0 aliphatic rings. The number of rotatable bonds is 13. The number of alkyl carbamates (subject to hydrolysis) is 1. The molecule has 10 nitrogen and oxygen atoms in total.